The highest BCUT2D eigenvalue weighted by Gasteiger charge is 2.45. The van der Waals surface area contributed by atoms with Gasteiger partial charge in [0.15, 0.2) is 46.1 Å². The quantitative estimate of drug-likeness (QED) is 0.0392. The Bertz CT molecular complexity index is 3910. The van der Waals surface area contributed by atoms with Crippen LogP contribution in [0.4, 0.5) is 22.7 Å². The van der Waals surface area contributed by atoms with Gasteiger partial charge in [-0.2, -0.15) is 0 Å². The Morgan fingerprint density at radius 2 is 0.745 bits per heavy atom. The summed E-state index contributed by atoms with van der Waals surface area (Å²) in [5.74, 6) is -6.53. The van der Waals surface area contributed by atoms with Gasteiger partial charge in [0.2, 0.25) is 0 Å². The minimum absolute atomic E-state index is 0.000623. The number of nitrogens with zero attached hydrogens (tertiary/aromatic N) is 8. The number of aliphatic hydroxyl groups excluding tert-OH is 2. The molecule has 0 spiro atoms. The Morgan fingerprint density at radius 3 is 1.10 bits per heavy atom. The normalized spacial score (nSPS) is 18.6. The highest BCUT2D eigenvalue weighted by atomic mass is 16.6. The Balaban J connectivity index is 0.000000276. The maximum absolute atomic E-state index is 13.3. The number of methoxy groups -OCH3 is 4. The van der Waals surface area contributed by atoms with Gasteiger partial charge in [0.25, 0.3) is 46.4 Å². The summed E-state index contributed by atoms with van der Waals surface area (Å²) in [5, 5.41) is 67.7. The van der Waals surface area contributed by atoms with Crippen LogP contribution in [0.2, 0.25) is 0 Å². The number of nitro benzene ring substituents is 4. The van der Waals surface area contributed by atoms with Crippen LogP contribution in [0.15, 0.2) is 48.5 Å². The molecule has 98 heavy (non-hydrogen) atoms. The third-order valence-electron chi connectivity index (χ3n) is 16.2. The van der Waals surface area contributed by atoms with Gasteiger partial charge in [-0.15, -0.1) is 0 Å². The fourth-order valence-electron chi connectivity index (χ4n) is 11.4. The fourth-order valence-corrected chi connectivity index (χ4v) is 11.4. The molecule has 0 saturated carbocycles. The highest BCUT2D eigenvalue weighted by molar-refractivity contribution is 6.07. The lowest BCUT2D eigenvalue weighted by molar-refractivity contribution is -0.385. The first kappa shape index (κ1) is 74.1. The molecule has 4 aliphatic rings. The molecule has 0 aromatic heterocycles. The number of likely N-dealkylation sites (tertiary alicyclic amines) is 4. The first-order chi connectivity index (χ1) is 46.3. The number of rotatable bonds is 26. The number of carbonyl (C=O) groups excluding carboxylic acids is 10. The van der Waals surface area contributed by atoms with E-state index < -0.39 is 138 Å². The van der Waals surface area contributed by atoms with Crippen LogP contribution in [0, 0.1) is 54.3 Å². The van der Waals surface area contributed by atoms with Crippen LogP contribution >= 0.6 is 0 Å². The molecule has 6 atom stereocenters. The Labute approximate surface area is 555 Å². The molecule has 0 aliphatic carbocycles. The van der Waals surface area contributed by atoms with Gasteiger partial charge in [-0.3, -0.25) is 78.8 Å². The zero-order valence-electron chi connectivity index (χ0n) is 54.1. The summed E-state index contributed by atoms with van der Waals surface area (Å²) in [5.41, 5.74) is -3.07. The highest BCUT2D eigenvalue weighted by Crippen LogP contribution is 2.40. The van der Waals surface area contributed by atoms with E-state index >= 15 is 0 Å². The van der Waals surface area contributed by atoms with Crippen molar-refractivity contribution in [1.29, 1.82) is 0 Å². The van der Waals surface area contributed by atoms with Gasteiger partial charge in [-0.1, -0.05) is 0 Å². The molecule has 2 N–H and O–H groups in total. The van der Waals surface area contributed by atoms with Crippen LogP contribution in [-0.4, -0.2) is 226 Å². The summed E-state index contributed by atoms with van der Waals surface area (Å²) in [6, 6.07) is 4.63. The van der Waals surface area contributed by atoms with Crippen LogP contribution in [0.5, 0.6) is 34.5 Å². The third-order valence-corrected chi connectivity index (χ3v) is 16.2. The van der Waals surface area contributed by atoms with Crippen molar-refractivity contribution in [1.82, 2.24) is 19.6 Å². The van der Waals surface area contributed by atoms with Crippen molar-refractivity contribution >= 4 is 81.4 Å². The largest absolute Gasteiger partial charge is 0.493 e. The predicted molar refractivity (Wildman–Crippen MR) is 331 cm³/mol. The van der Waals surface area contributed by atoms with Crippen LogP contribution in [0.3, 0.4) is 0 Å². The Kier molecular flexibility index (Phi) is 24.2. The summed E-state index contributed by atoms with van der Waals surface area (Å²) in [6.45, 7) is 4.24. The van der Waals surface area contributed by atoms with Gasteiger partial charge in [0.1, 0.15) is 45.8 Å². The van der Waals surface area contributed by atoms with Crippen LogP contribution in [0.25, 0.3) is 0 Å². The molecule has 0 bridgehead atoms. The summed E-state index contributed by atoms with van der Waals surface area (Å²) in [7, 11) is 4.76. The van der Waals surface area contributed by atoms with Crippen molar-refractivity contribution in [3.8, 4) is 34.5 Å². The number of aliphatic hydroxyl groups is 2. The SMILES string of the molecule is COC(=O)[C@@H]1CC(=O)CN1C(=O)c1cc(C)c(OCCCOc2cc([N+](=O)[O-])c(C(=O)N3CC(=O)C[C@H]3C(C)=O)cc2OC)cc1[N+](=O)[O-].COC(=O)[C@@H]1C[C@@H](O)CN1C(=O)c1cc(C)c(OCCCOc2cc([N+](=O)[O-])c(C(=O)N3C[C@H](O)C[C@H]3C(C)=O)cc2OC)cc1[N+](=O)[O-]. The van der Waals surface area contributed by atoms with Gasteiger partial charge in [-0.25, -0.2) is 9.59 Å². The molecule has 8 rings (SSSR count). The van der Waals surface area contributed by atoms with Gasteiger partial charge in [0, 0.05) is 63.7 Å². The number of β-amino-alcohol motifs (C(OH)–C–C–N with tert-alkyl or cyclic N) is 2. The van der Waals surface area contributed by atoms with E-state index in [0.29, 0.717) is 11.1 Å². The molecule has 4 aliphatic heterocycles. The second kappa shape index (κ2) is 32.0. The van der Waals surface area contributed by atoms with Crippen molar-refractivity contribution in [3.05, 3.63) is 122 Å². The minimum atomic E-state index is -1.20. The summed E-state index contributed by atoms with van der Waals surface area (Å²) in [4.78, 5) is 174. The molecular formula is C62H68N8O28. The first-order valence-corrected chi connectivity index (χ1v) is 30.0. The smallest absolute Gasteiger partial charge is 0.329 e. The number of benzene rings is 4. The lowest BCUT2D eigenvalue weighted by atomic mass is 10.1. The lowest BCUT2D eigenvalue weighted by Crippen LogP contribution is -2.41. The lowest BCUT2D eigenvalue weighted by Gasteiger charge is -2.23. The van der Waals surface area contributed by atoms with Gasteiger partial charge < -0.3 is 67.7 Å². The van der Waals surface area contributed by atoms with E-state index in [-0.39, 0.29) is 147 Å². The van der Waals surface area contributed by atoms with Crippen molar-refractivity contribution in [2.45, 2.75) is 103 Å². The summed E-state index contributed by atoms with van der Waals surface area (Å²) in [6.07, 6.45) is -2.10. The Morgan fingerprint density at radius 1 is 0.439 bits per heavy atom. The van der Waals surface area contributed by atoms with E-state index in [0.717, 1.165) is 70.2 Å². The van der Waals surface area contributed by atoms with E-state index in [1.54, 1.807) is 13.8 Å². The second-order valence-corrected chi connectivity index (χ2v) is 22.8. The molecule has 4 amide bonds. The van der Waals surface area contributed by atoms with Gasteiger partial charge >= 0.3 is 11.9 Å². The zero-order valence-corrected chi connectivity index (χ0v) is 54.1. The number of hydrogen-bond acceptors (Lipinski definition) is 28. The molecule has 524 valence electrons. The predicted octanol–water partition coefficient (Wildman–Crippen LogP) is 3.58. The number of carbonyl (C=O) groups is 10. The average Bonchev–Trinajstić information content (AvgIpc) is 1.33. The number of amides is 4. The Hall–Kier alpha value is -11.3. The molecule has 0 unspecified atom stereocenters. The van der Waals surface area contributed by atoms with Crippen LogP contribution < -0.4 is 28.4 Å². The molecule has 36 nitrogen and oxygen atoms in total. The first-order valence-electron chi connectivity index (χ1n) is 30.0. The zero-order chi connectivity index (χ0) is 72.3. The standard InChI is InChI=1S/C31H36N4O14.C31H32N4O14/c2*1-16-8-20(29(39)33-15-19(38)10-25(33)31(41)47-4)23(34(42)43)12-26(16)48-6-5-7-49-28-13-24(35(44)45)21(11-27(28)46-3)30(40)32-14-18(37)9-22(32)17(2)36/h8,11-13,18-19,22,25,37-38H,5-7,9-10,14-15H2,1-4H3;8,11-13,22,25H,5-7,9-10,14-15H2,1-4H3/t18-,19-,22+,25+;22-,25-/m10/s1. The van der Waals surface area contributed by atoms with E-state index in [2.05, 4.69) is 4.74 Å². The molecule has 0 radical (unpaired) electrons. The number of ether oxygens (including phenoxy) is 8. The monoisotopic (exact) mass is 1370 g/mol. The summed E-state index contributed by atoms with van der Waals surface area (Å²) < 4.78 is 42.8. The van der Waals surface area contributed by atoms with Crippen molar-refractivity contribution < 1.29 is 116 Å². The molecule has 36 heteroatoms. The molecule has 4 aromatic carbocycles. The molecular weight excluding hydrogens is 1300 g/mol. The molecule has 4 heterocycles. The van der Waals surface area contributed by atoms with Crippen molar-refractivity contribution in [2.75, 3.05) is 81.0 Å². The summed E-state index contributed by atoms with van der Waals surface area (Å²) >= 11 is 0. The number of esters is 2. The fraction of sp³-hybridized carbons (Fsp3) is 0.452. The van der Waals surface area contributed by atoms with Gasteiger partial charge in [-0.05, 0) is 51.0 Å². The van der Waals surface area contributed by atoms with Crippen LogP contribution in [0.1, 0.15) is 105 Å². The number of Topliss-reactive ketones (excluding diaryl/α,β-unsaturated/α-hetero) is 4. The number of aryl methyl sites for hydroxylation is 2. The molecule has 4 saturated heterocycles. The third kappa shape index (κ3) is 16.7. The van der Waals surface area contributed by atoms with Crippen molar-refractivity contribution in [2.24, 2.45) is 0 Å². The number of ketones is 4. The van der Waals surface area contributed by atoms with Gasteiger partial charge in [0.05, 0.1) is 136 Å². The van der Waals surface area contributed by atoms with Crippen LogP contribution in [-0.2, 0) is 38.2 Å². The topological polar surface area (TPSA) is 471 Å². The van der Waals surface area contributed by atoms with E-state index in [4.69, 9.17) is 33.2 Å². The van der Waals surface area contributed by atoms with Crippen molar-refractivity contribution in [3.63, 3.8) is 0 Å². The second-order valence-electron chi connectivity index (χ2n) is 22.8. The maximum Gasteiger partial charge on any atom is 0.329 e. The van der Waals surface area contributed by atoms with E-state index in [9.17, 15) is 98.6 Å². The molecule has 4 aromatic rings. The number of hydrogen-bond donors (Lipinski definition) is 2. The average molecular weight is 1370 g/mol. The molecule has 4 fully saturated rings. The van der Waals surface area contributed by atoms with E-state index in [1.807, 2.05) is 0 Å². The number of nitro groups is 4. The maximum atomic E-state index is 13.3. The van der Waals surface area contributed by atoms with E-state index in [1.165, 1.54) is 40.2 Å². The minimum Gasteiger partial charge on any atom is -0.493 e.